The lowest BCUT2D eigenvalue weighted by Gasteiger charge is -2.43. The molecule has 2 aromatic carbocycles. The second kappa shape index (κ2) is 11.0. The van der Waals surface area contributed by atoms with Crippen molar-refractivity contribution in [1.29, 1.82) is 0 Å². The molecule has 160 valence electrons. The first-order valence-corrected chi connectivity index (χ1v) is 10.7. The second-order valence-electron chi connectivity index (χ2n) is 7.82. The van der Waals surface area contributed by atoms with E-state index in [0.29, 0.717) is 19.8 Å². The predicted molar refractivity (Wildman–Crippen MR) is 116 cm³/mol. The van der Waals surface area contributed by atoms with Crippen LogP contribution in [0.5, 0.6) is 0 Å². The summed E-state index contributed by atoms with van der Waals surface area (Å²) in [6.07, 6.45) is 3.25. The van der Waals surface area contributed by atoms with Crippen LogP contribution in [0.3, 0.4) is 0 Å². The van der Waals surface area contributed by atoms with Gasteiger partial charge in [0.05, 0.1) is 30.9 Å². The van der Waals surface area contributed by atoms with Crippen LogP contribution >= 0.6 is 0 Å². The van der Waals surface area contributed by atoms with Crippen LogP contribution in [0.1, 0.15) is 38.2 Å². The van der Waals surface area contributed by atoms with Crippen molar-refractivity contribution in [1.82, 2.24) is 0 Å². The van der Waals surface area contributed by atoms with Gasteiger partial charge in [0, 0.05) is 13.2 Å². The van der Waals surface area contributed by atoms with E-state index in [1.165, 1.54) is 23.6 Å². The van der Waals surface area contributed by atoms with Gasteiger partial charge in [0.15, 0.2) is 6.29 Å². The van der Waals surface area contributed by atoms with E-state index in [1.54, 1.807) is 0 Å². The second-order valence-corrected chi connectivity index (χ2v) is 7.82. The van der Waals surface area contributed by atoms with Gasteiger partial charge in [0.25, 0.3) is 0 Å². The smallest absolute Gasteiger partial charge is 0.175 e. The Morgan fingerprint density at radius 1 is 0.931 bits per heavy atom. The summed E-state index contributed by atoms with van der Waals surface area (Å²) in [5.74, 6) is 0. The molecule has 0 radical (unpaired) electrons. The van der Waals surface area contributed by atoms with Gasteiger partial charge in [-0.2, -0.15) is 0 Å². The van der Waals surface area contributed by atoms with Crippen molar-refractivity contribution < 1.29 is 14.2 Å². The number of nitrogens with two attached hydrogens (primary N) is 3. The van der Waals surface area contributed by atoms with Crippen molar-refractivity contribution in [2.45, 2.75) is 69.8 Å². The summed E-state index contributed by atoms with van der Waals surface area (Å²) in [4.78, 5) is 0. The lowest BCUT2D eigenvalue weighted by Crippen LogP contribution is -2.66. The average molecular weight is 402 g/mol. The van der Waals surface area contributed by atoms with Crippen LogP contribution in [0.2, 0.25) is 0 Å². The summed E-state index contributed by atoms with van der Waals surface area (Å²) < 4.78 is 18.0. The van der Waals surface area contributed by atoms with Crippen LogP contribution in [0.4, 0.5) is 0 Å². The predicted octanol–water partition coefficient (Wildman–Crippen LogP) is 2.66. The van der Waals surface area contributed by atoms with Gasteiger partial charge in [-0.3, -0.25) is 0 Å². The zero-order chi connectivity index (χ0) is 20.6. The fraction of sp³-hybridized carbons (Fsp3) is 0.565. The topological polar surface area (TPSA) is 106 Å². The lowest BCUT2D eigenvalue weighted by molar-refractivity contribution is -0.237. The third-order valence-electron chi connectivity index (χ3n) is 5.58. The van der Waals surface area contributed by atoms with Gasteiger partial charge in [-0.25, -0.2) is 0 Å². The molecule has 1 aliphatic rings. The first-order chi connectivity index (χ1) is 14.1. The normalized spacial score (nSPS) is 27.4. The number of hydrogen-bond donors (Lipinski definition) is 3. The fourth-order valence-corrected chi connectivity index (χ4v) is 3.81. The molecule has 1 saturated heterocycles. The molecule has 0 spiro atoms. The van der Waals surface area contributed by atoms with E-state index in [4.69, 9.17) is 31.4 Å². The largest absolute Gasteiger partial charge is 0.370 e. The zero-order valence-electron chi connectivity index (χ0n) is 17.3. The van der Waals surface area contributed by atoms with Crippen LogP contribution in [0.25, 0.3) is 10.8 Å². The molecule has 6 nitrogen and oxygen atoms in total. The highest BCUT2D eigenvalue weighted by molar-refractivity contribution is 5.82. The maximum atomic E-state index is 6.43. The van der Waals surface area contributed by atoms with Crippen molar-refractivity contribution in [3.8, 4) is 0 Å². The SMILES string of the molecule is CCCCCCO[C@@H]1O[C@H](CN)[C@H](N)[C@H](OCc2ccc3ccccc3c2)[C@H]1N. The van der Waals surface area contributed by atoms with E-state index in [9.17, 15) is 0 Å². The van der Waals surface area contributed by atoms with Crippen LogP contribution in [0, 0.1) is 0 Å². The average Bonchev–Trinajstić information content (AvgIpc) is 2.74. The molecule has 0 saturated carbocycles. The van der Waals surface area contributed by atoms with Crippen LogP contribution < -0.4 is 17.2 Å². The van der Waals surface area contributed by atoms with Crippen molar-refractivity contribution in [2.75, 3.05) is 13.2 Å². The minimum absolute atomic E-state index is 0.305. The van der Waals surface area contributed by atoms with E-state index in [2.05, 4.69) is 37.3 Å². The van der Waals surface area contributed by atoms with Gasteiger partial charge in [-0.15, -0.1) is 0 Å². The van der Waals surface area contributed by atoms with E-state index in [1.807, 2.05) is 12.1 Å². The number of hydrogen-bond acceptors (Lipinski definition) is 6. The monoisotopic (exact) mass is 401 g/mol. The highest BCUT2D eigenvalue weighted by Gasteiger charge is 2.43. The van der Waals surface area contributed by atoms with E-state index >= 15 is 0 Å². The molecule has 0 bridgehead atoms. The Morgan fingerprint density at radius 2 is 1.72 bits per heavy atom. The summed E-state index contributed by atoms with van der Waals surface area (Å²) in [6, 6.07) is 13.7. The summed E-state index contributed by atoms with van der Waals surface area (Å²) in [6.45, 7) is 3.53. The van der Waals surface area contributed by atoms with Gasteiger partial charge in [0.2, 0.25) is 0 Å². The summed E-state index contributed by atoms with van der Waals surface area (Å²) in [5, 5.41) is 2.39. The lowest BCUT2D eigenvalue weighted by atomic mass is 9.95. The van der Waals surface area contributed by atoms with Crippen molar-refractivity contribution in [2.24, 2.45) is 17.2 Å². The molecule has 1 fully saturated rings. The molecular weight excluding hydrogens is 366 g/mol. The molecule has 1 heterocycles. The number of ether oxygens (including phenoxy) is 3. The first-order valence-electron chi connectivity index (χ1n) is 10.7. The molecule has 6 heteroatoms. The molecule has 0 amide bonds. The van der Waals surface area contributed by atoms with Gasteiger partial charge in [-0.1, -0.05) is 62.6 Å². The molecule has 0 aliphatic carbocycles. The number of fused-ring (bicyclic) bond motifs is 1. The van der Waals surface area contributed by atoms with Crippen LogP contribution in [0.15, 0.2) is 42.5 Å². The van der Waals surface area contributed by atoms with Crippen LogP contribution in [-0.4, -0.2) is 43.7 Å². The van der Waals surface area contributed by atoms with Crippen molar-refractivity contribution in [3.05, 3.63) is 48.0 Å². The minimum atomic E-state index is -0.549. The Bertz CT molecular complexity index is 757. The molecular formula is C23H35N3O3. The van der Waals surface area contributed by atoms with E-state index < -0.39 is 18.4 Å². The first kappa shape index (κ1) is 22.2. The standard InChI is InChI=1S/C23H35N3O3/c1-2-3-4-7-12-27-23-21(26)22(20(25)19(14-24)29-23)28-15-16-10-11-17-8-5-6-9-18(17)13-16/h5-6,8-11,13,19-23H,2-4,7,12,14-15,24-26H2,1H3/t19-,20+,21-,22+,23-/m1/s1. The molecule has 2 aromatic rings. The molecule has 0 unspecified atom stereocenters. The van der Waals surface area contributed by atoms with E-state index in [0.717, 1.165) is 18.4 Å². The third kappa shape index (κ3) is 5.75. The highest BCUT2D eigenvalue weighted by Crippen LogP contribution is 2.24. The molecule has 0 aromatic heterocycles. The quantitative estimate of drug-likeness (QED) is 0.529. The zero-order valence-corrected chi connectivity index (χ0v) is 17.3. The molecule has 1 aliphatic heterocycles. The Morgan fingerprint density at radius 3 is 2.48 bits per heavy atom. The third-order valence-corrected chi connectivity index (χ3v) is 5.58. The number of unbranched alkanes of at least 4 members (excludes halogenated alkanes) is 3. The van der Waals surface area contributed by atoms with Gasteiger partial charge >= 0.3 is 0 Å². The Kier molecular flexibility index (Phi) is 8.41. The van der Waals surface area contributed by atoms with Crippen molar-refractivity contribution in [3.63, 3.8) is 0 Å². The maximum Gasteiger partial charge on any atom is 0.175 e. The highest BCUT2D eigenvalue weighted by atomic mass is 16.7. The molecule has 29 heavy (non-hydrogen) atoms. The van der Waals surface area contributed by atoms with Crippen LogP contribution in [-0.2, 0) is 20.8 Å². The molecule has 3 rings (SSSR count). The summed E-state index contributed by atoms with van der Waals surface area (Å²) in [5.41, 5.74) is 19.8. The number of benzene rings is 2. The fourth-order valence-electron chi connectivity index (χ4n) is 3.81. The van der Waals surface area contributed by atoms with Crippen molar-refractivity contribution >= 4 is 10.8 Å². The molecule has 5 atom stereocenters. The van der Waals surface area contributed by atoms with E-state index in [-0.39, 0.29) is 12.2 Å². The Balaban J connectivity index is 1.61. The van der Waals surface area contributed by atoms with Gasteiger partial charge in [0.1, 0.15) is 0 Å². The number of rotatable bonds is 10. The Labute approximate surface area is 173 Å². The summed E-state index contributed by atoms with van der Waals surface area (Å²) >= 11 is 0. The van der Waals surface area contributed by atoms with Gasteiger partial charge < -0.3 is 31.4 Å². The minimum Gasteiger partial charge on any atom is -0.370 e. The molecule has 6 N–H and O–H groups in total. The summed E-state index contributed by atoms with van der Waals surface area (Å²) in [7, 11) is 0. The Hall–Kier alpha value is -1.54. The van der Waals surface area contributed by atoms with Gasteiger partial charge in [-0.05, 0) is 28.8 Å². The maximum absolute atomic E-state index is 6.43.